The molecule has 0 spiro atoms. The number of nitrogens with two attached hydrogens (primary N) is 3. The number of nitrogen functional groups attached to an aromatic ring is 3. The van der Waals surface area contributed by atoms with E-state index in [1.165, 1.54) is 6.07 Å². The number of rotatable bonds is 1. The molecule has 8 N–H and O–H groups in total. The van der Waals surface area contributed by atoms with Crippen LogP contribution in [0.1, 0.15) is 0 Å². The zero-order valence-corrected chi connectivity index (χ0v) is 9.01. The van der Waals surface area contributed by atoms with Crippen LogP contribution in [0.2, 0.25) is 0 Å². The Labute approximate surface area is 98.1 Å². The van der Waals surface area contributed by atoms with E-state index in [9.17, 15) is 10.2 Å². The average molecular weight is 231 g/mol. The van der Waals surface area contributed by atoms with Gasteiger partial charge in [0, 0.05) is 5.56 Å². The lowest BCUT2D eigenvalue weighted by Gasteiger charge is -2.10. The number of phenolic OH excluding ortho intramolecular Hbond substituents is 2. The molecular formula is C12H13N3O2. The van der Waals surface area contributed by atoms with Gasteiger partial charge >= 0.3 is 0 Å². The number of anilines is 3. The van der Waals surface area contributed by atoms with Crippen LogP contribution >= 0.6 is 0 Å². The predicted octanol–water partition coefficient (Wildman–Crippen LogP) is 1.51. The molecule has 0 aromatic heterocycles. The molecule has 0 unspecified atom stereocenters. The van der Waals surface area contributed by atoms with Crippen molar-refractivity contribution in [3.8, 4) is 22.6 Å². The fourth-order valence-electron chi connectivity index (χ4n) is 1.59. The molecule has 5 nitrogen and oxygen atoms in total. The van der Waals surface area contributed by atoms with Crippen LogP contribution in [0.25, 0.3) is 11.1 Å². The second-order valence-corrected chi connectivity index (χ2v) is 3.74. The molecule has 2 aromatic carbocycles. The molecule has 0 fully saturated rings. The summed E-state index contributed by atoms with van der Waals surface area (Å²) in [6.45, 7) is 0. The Kier molecular flexibility index (Phi) is 2.44. The summed E-state index contributed by atoms with van der Waals surface area (Å²) in [5.41, 5.74) is 18.7. The molecular weight excluding hydrogens is 218 g/mol. The van der Waals surface area contributed by atoms with E-state index in [4.69, 9.17) is 17.2 Å². The average Bonchev–Trinajstić information content (AvgIpc) is 2.30. The lowest BCUT2D eigenvalue weighted by Crippen LogP contribution is -1.95. The topological polar surface area (TPSA) is 119 Å². The van der Waals surface area contributed by atoms with E-state index in [0.717, 1.165) is 0 Å². The van der Waals surface area contributed by atoms with Gasteiger partial charge in [-0.3, -0.25) is 0 Å². The largest absolute Gasteiger partial charge is 0.506 e. The Morgan fingerprint density at radius 1 is 0.824 bits per heavy atom. The van der Waals surface area contributed by atoms with Crippen LogP contribution in [-0.2, 0) is 0 Å². The summed E-state index contributed by atoms with van der Waals surface area (Å²) in [6.07, 6.45) is 0. The molecule has 17 heavy (non-hydrogen) atoms. The van der Waals surface area contributed by atoms with Gasteiger partial charge < -0.3 is 27.4 Å². The minimum atomic E-state index is -0.154. The van der Waals surface area contributed by atoms with Crippen molar-refractivity contribution in [1.82, 2.24) is 0 Å². The van der Waals surface area contributed by atoms with Gasteiger partial charge in [-0.2, -0.15) is 0 Å². The first kappa shape index (κ1) is 10.9. The maximum absolute atomic E-state index is 9.64. The Bertz CT molecular complexity index is 582. The van der Waals surface area contributed by atoms with E-state index in [1.54, 1.807) is 24.3 Å². The summed E-state index contributed by atoms with van der Waals surface area (Å²) in [7, 11) is 0. The quantitative estimate of drug-likeness (QED) is 0.376. The molecule has 0 heterocycles. The third kappa shape index (κ3) is 1.78. The normalized spacial score (nSPS) is 10.4. The number of hydrogen-bond acceptors (Lipinski definition) is 5. The van der Waals surface area contributed by atoms with Crippen molar-refractivity contribution < 1.29 is 10.2 Å². The van der Waals surface area contributed by atoms with Gasteiger partial charge in [0.2, 0.25) is 0 Å². The lowest BCUT2D eigenvalue weighted by atomic mass is 10.0. The van der Waals surface area contributed by atoms with Crippen molar-refractivity contribution in [1.29, 1.82) is 0 Å². The summed E-state index contributed by atoms with van der Waals surface area (Å²) >= 11 is 0. The van der Waals surface area contributed by atoms with E-state index < -0.39 is 0 Å². The van der Waals surface area contributed by atoms with Crippen molar-refractivity contribution in [2.45, 2.75) is 0 Å². The lowest BCUT2D eigenvalue weighted by molar-refractivity contribution is 0.477. The highest BCUT2D eigenvalue weighted by molar-refractivity contribution is 5.85. The molecule has 0 radical (unpaired) electrons. The molecule has 2 aromatic rings. The number of benzene rings is 2. The zero-order chi connectivity index (χ0) is 12.6. The van der Waals surface area contributed by atoms with E-state index >= 15 is 0 Å². The van der Waals surface area contributed by atoms with Gasteiger partial charge in [0.1, 0.15) is 5.75 Å². The molecule has 0 aliphatic rings. The van der Waals surface area contributed by atoms with E-state index in [1.807, 2.05) is 0 Å². The summed E-state index contributed by atoms with van der Waals surface area (Å²) < 4.78 is 0. The van der Waals surface area contributed by atoms with E-state index in [2.05, 4.69) is 0 Å². The molecule has 0 aliphatic carbocycles. The van der Waals surface area contributed by atoms with Crippen LogP contribution in [0.5, 0.6) is 11.5 Å². The first-order valence-electron chi connectivity index (χ1n) is 4.96. The van der Waals surface area contributed by atoms with Gasteiger partial charge in [-0.15, -0.1) is 0 Å². The van der Waals surface area contributed by atoms with Gasteiger partial charge in [-0.05, 0) is 29.8 Å². The number of phenols is 2. The molecule has 0 saturated heterocycles. The number of hydrogen-bond donors (Lipinski definition) is 5. The Morgan fingerprint density at radius 3 is 2.12 bits per heavy atom. The van der Waals surface area contributed by atoms with Crippen LogP contribution in [0, 0.1) is 0 Å². The molecule has 0 amide bonds. The van der Waals surface area contributed by atoms with Gasteiger partial charge in [0.05, 0.1) is 17.1 Å². The molecule has 0 atom stereocenters. The summed E-state index contributed by atoms with van der Waals surface area (Å²) in [4.78, 5) is 0. The molecule has 5 heteroatoms. The minimum absolute atomic E-state index is 0.0294. The maximum atomic E-state index is 9.64. The second kappa shape index (κ2) is 3.79. The third-order valence-electron chi connectivity index (χ3n) is 2.59. The summed E-state index contributed by atoms with van der Waals surface area (Å²) in [5, 5.41) is 19.2. The van der Waals surface area contributed by atoms with Crippen LogP contribution in [0.15, 0.2) is 30.3 Å². The van der Waals surface area contributed by atoms with E-state index in [0.29, 0.717) is 11.1 Å². The highest BCUT2D eigenvalue weighted by Gasteiger charge is 2.10. The van der Waals surface area contributed by atoms with Crippen LogP contribution in [0.4, 0.5) is 17.1 Å². The van der Waals surface area contributed by atoms with Crippen molar-refractivity contribution in [2.75, 3.05) is 17.2 Å². The molecule has 88 valence electrons. The standard InChI is InChI=1S/C12H13N3O2/c13-8-3-1-6(5-10(8)16)7-2-4-9(14)12(17)11(7)15/h1-5,16-17H,13-15H2. The second-order valence-electron chi connectivity index (χ2n) is 3.74. The van der Waals surface area contributed by atoms with Crippen LogP contribution < -0.4 is 17.2 Å². The summed E-state index contributed by atoms with van der Waals surface area (Å²) in [6, 6.07) is 7.98. The Hall–Kier alpha value is -2.56. The molecule has 0 aliphatic heterocycles. The maximum Gasteiger partial charge on any atom is 0.162 e. The van der Waals surface area contributed by atoms with E-state index in [-0.39, 0.29) is 28.6 Å². The first-order chi connectivity index (χ1) is 8.00. The van der Waals surface area contributed by atoms with Crippen molar-refractivity contribution >= 4 is 17.1 Å². The molecule has 2 rings (SSSR count). The SMILES string of the molecule is Nc1ccc(-c2ccc(N)c(O)c2N)cc1O. The van der Waals surface area contributed by atoms with Crippen molar-refractivity contribution in [3.05, 3.63) is 30.3 Å². The third-order valence-corrected chi connectivity index (χ3v) is 2.59. The highest BCUT2D eigenvalue weighted by Crippen LogP contribution is 2.38. The Morgan fingerprint density at radius 2 is 1.47 bits per heavy atom. The predicted molar refractivity (Wildman–Crippen MR) is 68.4 cm³/mol. The smallest absolute Gasteiger partial charge is 0.162 e. The highest BCUT2D eigenvalue weighted by atomic mass is 16.3. The number of aromatic hydroxyl groups is 2. The molecule has 0 bridgehead atoms. The molecule has 0 saturated carbocycles. The fraction of sp³-hybridized carbons (Fsp3) is 0. The van der Waals surface area contributed by atoms with Crippen LogP contribution in [-0.4, -0.2) is 10.2 Å². The van der Waals surface area contributed by atoms with Gasteiger partial charge in [0.25, 0.3) is 0 Å². The van der Waals surface area contributed by atoms with Gasteiger partial charge in [0.15, 0.2) is 5.75 Å². The van der Waals surface area contributed by atoms with Crippen molar-refractivity contribution in [2.24, 2.45) is 0 Å². The first-order valence-corrected chi connectivity index (χ1v) is 4.96. The monoisotopic (exact) mass is 231 g/mol. The summed E-state index contributed by atoms with van der Waals surface area (Å²) in [5.74, 6) is -0.183. The Balaban J connectivity index is 2.61. The fourth-order valence-corrected chi connectivity index (χ4v) is 1.59. The zero-order valence-electron chi connectivity index (χ0n) is 9.01. The van der Waals surface area contributed by atoms with Gasteiger partial charge in [-0.1, -0.05) is 6.07 Å². The van der Waals surface area contributed by atoms with Crippen molar-refractivity contribution in [3.63, 3.8) is 0 Å². The minimum Gasteiger partial charge on any atom is -0.506 e. The van der Waals surface area contributed by atoms with Gasteiger partial charge in [-0.25, -0.2) is 0 Å². The van der Waals surface area contributed by atoms with Crippen LogP contribution in [0.3, 0.4) is 0 Å².